The van der Waals surface area contributed by atoms with Crippen molar-refractivity contribution >= 4 is 27.5 Å². The highest BCUT2D eigenvalue weighted by Crippen LogP contribution is 2.25. The van der Waals surface area contributed by atoms with Crippen molar-refractivity contribution < 1.29 is 4.39 Å². The van der Waals surface area contributed by atoms with Gasteiger partial charge in [0.25, 0.3) is 0 Å². The van der Waals surface area contributed by atoms with Crippen LogP contribution in [0.5, 0.6) is 0 Å². The smallest absolute Gasteiger partial charge is 0.126 e. The number of benzene rings is 2. The molecule has 20 heavy (non-hydrogen) atoms. The molecule has 2 rings (SSSR count). The lowest BCUT2D eigenvalue weighted by molar-refractivity contribution is 0.574. The third-order valence-electron chi connectivity index (χ3n) is 3.27. The molecule has 0 heterocycles. The molecule has 2 aromatic carbocycles. The van der Waals surface area contributed by atoms with E-state index in [1.807, 2.05) is 37.4 Å². The highest BCUT2D eigenvalue weighted by molar-refractivity contribution is 9.10. The van der Waals surface area contributed by atoms with Gasteiger partial charge in [-0.1, -0.05) is 39.7 Å². The first kappa shape index (κ1) is 15.5. The van der Waals surface area contributed by atoms with E-state index in [0.717, 1.165) is 22.1 Å². The van der Waals surface area contributed by atoms with Crippen molar-refractivity contribution in [3.63, 3.8) is 0 Å². The molecular formula is C16H16BrClFN. The van der Waals surface area contributed by atoms with Crippen LogP contribution in [0.4, 0.5) is 4.39 Å². The van der Waals surface area contributed by atoms with Gasteiger partial charge in [0.1, 0.15) is 5.82 Å². The van der Waals surface area contributed by atoms with Gasteiger partial charge in [0.15, 0.2) is 0 Å². The average molecular weight is 357 g/mol. The molecule has 106 valence electrons. The average Bonchev–Trinajstić information content (AvgIpc) is 2.43. The number of halogens is 3. The van der Waals surface area contributed by atoms with Crippen molar-refractivity contribution in [2.24, 2.45) is 0 Å². The topological polar surface area (TPSA) is 12.0 Å². The molecule has 1 N–H and O–H groups in total. The summed E-state index contributed by atoms with van der Waals surface area (Å²) in [6.07, 6.45) is 0.647. The van der Waals surface area contributed by atoms with Crippen LogP contribution in [0.2, 0.25) is 5.02 Å². The highest BCUT2D eigenvalue weighted by atomic mass is 79.9. The minimum absolute atomic E-state index is 0.164. The number of rotatable bonds is 5. The molecule has 1 unspecified atom stereocenters. The largest absolute Gasteiger partial charge is 0.319 e. The van der Waals surface area contributed by atoms with Crippen molar-refractivity contribution in [1.82, 2.24) is 5.32 Å². The second-order valence-corrected chi connectivity index (χ2v) is 6.10. The van der Waals surface area contributed by atoms with Crippen LogP contribution in [-0.2, 0) is 6.42 Å². The van der Waals surface area contributed by atoms with E-state index < -0.39 is 0 Å². The lowest BCUT2D eigenvalue weighted by Gasteiger charge is -2.18. The van der Waals surface area contributed by atoms with E-state index in [1.165, 1.54) is 6.07 Å². The van der Waals surface area contributed by atoms with Gasteiger partial charge >= 0.3 is 0 Å². The van der Waals surface area contributed by atoms with Gasteiger partial charge in [-0.15, -0.1) is 0 Å². The second-order valence-electron chi connectivity index (χ2n) is 4.75. The van der Waals surface area contributed by atoms with Crippen LogP contribution in [0.15, 0.2) is 46.9 Å². The minimum atomic E-state index is -0.164. The third-order valence-corrected chi connectivity index (χ3v) is 4.01. The monoisotopic (exact) mass is 355 g/mol. The summed E-state index contributed by atoms with van der Waals surface area (Å²) in [6.45, 7) is 0.785. The molecule has 0 radical (unpaired) electrons. The first-order valence-electron chi connectivity index (χ1n) is 6.44. The van der Waals surface area contributed by atoms with Gasteiger partial charge in [-0.05, 0) is 54.9 Å². The van der Waals surface area contributed by atoms with E-state index in [1.54, 1.807) is 6.07 Å². The first-order chi connectivity index (χ1) is 9.60. The Bertz CT molecular complexity index is 571. The summed E-state index contributed by atoms with van der Waals surface area (Å²) in [4.78, 5) is 0. The molecule has 4 heteroatoms. The zero-order chi connectivity index (χ0) is 14.5. The van der Waals surface area contributed by atoms with E-state index >= 15 is 0 Å². The SMILES string of the molecule is CNCC(Cc1cc(Br)ccc1F)c1ccc(Cl)cc1. The zero-order valence-electron chi connectivity index (χ0n) is 11.2. The molecule has 0 aliphatic rings. The molecule has 0 aromatic heterocycles. The first-order valence-corrected chi connectivity index (χ1v) is 7.61. The van der Waals surface area contributed by atoms with Gasteiger partial charge in [0.2, 0.25) is 0 Å². The summed E-state index contributed by atoms with van der Waals surface area (Å²) >= 11 is 9.31. The quantitative estimate of drug-likeness (QED) is 0.812. The lowest BCUT2D eigenvalue weighted by atomic mass is 9.91. The molecule has 0 aliphatic carbocycles. The summed E-state index contributed by atoms with van der Waals surface area (Å²) in [5.74, 6) is 0.0457. The Balaban J connectivity index is 2.25. The summed E-state index contributed by atoms with van der Waals surface area (Å²) < 4.78 is 14.8. The number of hydrogen-bond donors (Lipinski definition) is 1. The molecular weight excluding hydrogens is 341 g/mol. The molecule has 2 aromatic rings. The second kappa shape index (κ2) is 7.21. The van der Waals surface area contributed by atoms with Gasteiger partial charge in [-0.3, -0.25) is 0 Å². The normalized spacial score (nSPS) is 12.4. The Morgan fingerprint density at radius 2 is 1.90 bits per heavy atom. The van der Waals surface area contributed by atoms with Gasteiger partial charge in [0.05, 0.1) is 0 Å². The number of hydrogen-bond acceptors (Lipinski definition) is 1. The van der Waals surface area contributed by atoms with Crippen molar-refractivity contribution in [3.05, 3.63) is 68.9 Å². The van der Waals surface area contributed by atoms with Gasteiger partial charge in [-0.2, -0.15) is 0 Å². The molecule has 0 saturated carbocycles. The predicted octanol–water partition coefficient (Wildman–Crippen LogP) is 4.79. The van der Waals surface area contributed by atoms with Crippen LogP contribution < -0.4 is 5.32 Å². The summed E-state index contributed by atoms with van der Waals surface area (Å²) in [5.41, 5.74) is 1.87. The predicted molar refractivity (Wildman–Crippen MR) is 85.9 cm³/mol. The van der Waals surface area contributed by atoms with E-state index in [2.05, 4.69) is 21.2 Å². The van der Waals surface area contributed by atoms with Crippen LogP contribution in [0.25, 0.3) is 0 Å². The Morgan fingerprint density at radius 3 is 2.55 bits per heavy atom. The Hall–Kier alpha value is -0.900. The number of nitrogens with one attached hydrogen (secondary N) is 1. The lowest BCUT2D eigenvalue weighted by Crippen LogP contribution is -2.19. The Kier molecular flexibility index (Phi) is 5.58. The van der Waals surface area contributed by atoms with E-state index in [9.17, 15) is 4.39 Å². The van der Waals surface area contributed by atoms with Gasteiger partial charge in [0, 0.05) is 22.0 Å². The van der Waals surface area contributed by atoms with Crippen LogP contribution in [0.3, 0.4) is 0 Å². The maximum absolute atomic E-state index is 13.9. The third kappa shape index (κ3) is 4.05. The Morgan fingerprint density at radius 1 is 1.20 bits per heavy atom. The minimum Gasteiger partial charge on any atom is -0.319 e. The summed E-state index contributed by atoms with van der Waals surface area (Å²) in [7, 11) is 1.90. The van der Waals surface area contributed by atoms with E-state index in [0.29, 0.717) is 11.4 Å². The number of likely N-dealkylation sites (N-methyl/N-ethyl adjacent to an activating group) is 1. The van der Waals surface area contributed by atoms with Crippen LogP contribution in [-0.4, -0.2) is 13.6 Å². The molecule has 1 atom stereocenters. The van der Waals surface area contributed by atoms with Crippen LogP contribution >= 0.6 is 27.5 Å². The van der Waals surface area contributed by atoms with E-state index in [-0.39, 0.29) is 11.7 Å². The molecule has 1 nitrogen and oxygen atoms in total. The molecule has 0 spiro atoms. The summed E-state index contributed by atoms with van der Waals surface area (Å²) in [6, 6.07) is 12.8. The zero-order valence-corrected chi connectivity index (χ0v) is 13.5. The standard InChI is InChI=1S/C16H16BrClFN/c1-20-10-13(11-2-5-15(18)6-3-11)8-12-9-14(17)4-7-16(12)19/h2-7,9,13,20H,8,10H2,1H3. The molecule has 0 bridgehead atoms. The fraction of sp³-hybridized carbons (Fsp3) is 0.250. The van der Waals surface area contributed by atoms with Crippen molar-refractivity contribution in [2.45, 2.75) is 12.3 Å². The summed E-state index contributed by atoms with van der Waals surface area (Å²) in [5, 5.41) is 3.88. The van der Waals surface area contributed by atoms with Gasteiger partial charge < -0.3 is 5.32 Å². The molecule has 0 aliphatic heterocycles. The Labute approximate surface area is 132 Å². The van der Waals surface area contributed by atoms with Crippen LogP contribution in [0, 0.1) is 5.82 Å². The van der Waals surface area contributed by atoms with Crippen molar-refractivity contribution in [2.75, 3.05) is 13.6 Å². The maximum Gasteiger partial charge on any atom is 0.126 e. The fourth-order valence-corrected chi connectivity index (χ4v) is 2.79. The fourth-order valence-electron chi connectivity index (χ4n) is 2.25. The van der Waals surface area contributed by atoms with Crippen LogP contribution in [0.1, 0.15) is 17.0 Å². The van der Waals surface area contributed by atoms with Crippen molar-refractivity contribution in [3.8, 4) is 0 Å². The van der Waals surface area contributed by atoms with Gasteiger partial charge in [-0.25, -0.2) is 4.39 Å². The highest BCUT2D eigenvalue weighted by Gasteiger charge is 2.14. The van der Waals surface area contributed by atoms with Crippen molar-refractivity contribution in [1.29, 1.82) is 0 Å². The molecule has 0 fully saturated rings. The maximum atomic E-state index is 13.9. The molecule has 0 amide bonds. The molecule has 0 saturated heterocycles. The van der Waals surface area contributed by atoms with E-state index in [4.69, 9.17) is 11.6 Å².